The van der Waals surface area contributed by atoms with E-state index in [1.54, 1.807) is 0 Å². The minimum absolute atomic E-state index is 0.0544. The highest BCUT2D eigenvalue weighted by Gasteiger charge is 2.21. The molecule has 0 aliphatic heterocycles. The Balaban J connectivity index is 2.20. The highest BCUT2D eigenvalue weighted by molar-refractivity contribution is 6.01. The van der Waals surface area contributed by atoms with Crippen molar-refractivity contribution in [1.29, 1.82) is 0 Å². The zero-order valence-corrected chi connectivity index (χ0v) is 14.4. The smallest absolute Gasteiger partial charge is 0.336 e. The fraction of sp³-hybridized carbons (Fsp3) is 0.0526. The maximum Gasteiger partial charge on any atom is 0.336 e. The maximum atomic E-state index is 13.9. The Hall–Kier alpha value is -3.88. The predicted molar refractivity (Wildman–Crippen MR) is 95.8 cm³/mol. The van der Waals surface area contributed by atoms with Crippen molar-refractivity contribution in [3.8, 4) is 11.1 Å². The van der Waals surface area contributed by atoms with Crippen molar-refractivity contribution >= 4 is 23.4 Å². The number of nitrogens with zero attached hydrogens (tertiary/aromatic N) is 2. The number of nitrogens with one attached hydrogen (secondary N) is 1. The summed E-state index contributed by atoms with van der Waals surface area (Å²) in [4.78, 5) is 30.6. The number of hydrogen-bond donors (Lipinski definition) is 3. The van der Waals surface area contributed by atoms with E-state index in [2.05, 4.69) is 15.3 Å². The third-order valence-electron chi connectivity index (χ3n) is 3.94. The molecule has 0 saturated carbocycles. The summed E-state index contributed by atoms with van der Waals surface area (Å²) in [6, 6.07) is 4.54. The van der Waals surface area contributed by atoms with E-state index in [0.29, 0.717) is 0 Å². The number of carboxylic acids is 2. The van der Waals surface area contributed by atoms with Crippen LogP contribution < -0.4 is 5.32 Å². The Morgan fingerprint density at radius 1 is 0.893 bits per heavy atom. The van der Waals surface area contributed by atoms with Crippen LogP contribution >= 0.6 is 0 Å². The standard InChI is InChI=1S/C19H13F2N3O4/c1-9-2-14(16(19(27)28)5-13(9)18(25)26)15-4-11(21)7-23-17(15)24-12-3-10(20)6-22-8-12/h2-8H,1H3,(H,23,24)(H,25,26)(H,27,28). The molecular weight excluding hydrogens is 372 g/mol. The summed E-state index contributed by atoms with van der Waals surface area (Å²) in [5.41, 5.74) is 0.118. The van der Waals surface area contributed by atoms with Gasteiger partial charge in [-0.15, -0.1) is 0 Å². The van der Waals surface area contributed by atoms with Crippen molar-refractivity contribution in [3.63, 3.8) is 0 Å². The average molecular weight is 385 g/mol. The fourth-order valence-corrected chi connectivity index (χ4v) is 2.70. The lowest BCUT2D eigenvalue weighted by Crippen LogP contribution is -2.08. The van der Waals surface area contributed by atoms with Crippen molar-refractivity contribution in [3.05, 3.63) is 71.2 Å². The van der Waals surface area contributed by atoms with Crippen LogP contribution in [0.15, 0.2) is 42.9 Å². The van der Waals surface area contributed by atoms with Crippen LogP contribution in [-0.2, 0) is 0 Å². The molecule has 0 bridgehead atoms. The van der Waals surface area contributed by atoms with Gasteiger partial charge in [0, 0.05) is 17.2 Å². The van der Waals surface area contributed by atoms with Crippen LogP contribution in [0.3, 0.4) is 0 Å². The van der Waals surface area contributed by atoms with Crippen molar-refractivity contribution < 1.29 is 28.6 Å². The Morgan fingerprint density at radius 3 is 2.21 bits per heavy atom. The fourth-order valence-electron chi connectivity index (χ4n) is 2.70. The molecule has 3 rings (SSSR count). The molecule has 0 saturated heterocycles. The van der Waals surface area contributed by atoms with Crippen LogP contribution in [0.2, 0.25) is 0 Å². The predicted octanol–water partition coefficient (Wildman–Crippen LogP) is 3.87. The molecule has 2 aromatic heterocycles. The second-order valence-electron chi connectivity index (χ2n) is 5.89. The first-order valence-electron chi connectivity index (χ1n) is 7.91. The number of carboxylic acid groups (broad SMARTS) is 2. The highest BCUT2D eigenvalue weighted by Crippen LogP contribution is 2.33. The third kappa shape index (κ3) is 3.78. The molecule has 0 amide bonds. The van der Waals surface area contributed by atoms with Gasteiger partial charge in [0.05, 0.1) is 35.4 Å². The first-order valence-corrected chi connectivity index (χ1v) is 7.91. The topological polar surface area (TPSA) is 112 Å². The van der Waals surface area contributed by atoms with E-state index >= 15 is 0 Å². The van der Waals surface area contributed by atoms with Crippen molar-refractivity contribution in [2.24, 2.45) is 0 Å². The van der Waals surface area contributed by atoms with E-state index in [1.807, 2.05) is 0 Å². The first kappa shape index (κ1) is 18.9. The van der Waals surface area contributed by atoms with Crippen LogP contribution in [-0.4, -0.2) is 32.1 Å². The molecular formula is C19H13F2N3O4. The van der Waals surface area contributed by atoms with Crippen molar-refractivity contribution in [2.75, 3.05) is 5.32 Å². The quantitative estimate of drug-likeness (QED) is 0.611. The number of benzene rings is 1. The van der Waals surface area contributed by atoms with Crippen LogP contribution in [0.25, 0.3) is 11.1 Å². The number of hydrogen-bond acceptors (Lipinski definition) is 5. The summed E-state index contributed by atoms with van der Waals surface area (Å²) >= 11 is 0. The lowest BCUT2D eigenvalue weighted by Gasteiger charge is -2.15. The van der Waals surface area contributed by atoms with Crippen LogP contribution in [0, 0.1) is 18.6 Å². The molecule has 1 aromatic carbocycles. The van der Waals surface area contributed by atoms with Gasteiger partial charge in [0.15, 0.2) is 0 Å². The Kier molecular flexibility index (Phi) is 4.99. The SMILES string of the molecule is Cc1cc(-c2cc(F)cnc2Nc2cncc(F)c2)c(C(=O)O)cc1C(=O)O. The van der Waals surface area contributed by atoms with Gasteiger partial charge in [-0.3, -0.25) is 4.98 Å². The molecule has 9 heteroatoms. The number of halogens is 2. The molecule has 0 unspecified atom stereocenters. The van der Waals surface area contributed by atoms with Crippen LogP contribution in [0.4, 0.5) is 20.3 Å². The van der Waals surface area contributed by atoms with Crippen LogP contribution in [0.5, 0.6) is 0 Å². The molecule has 142 valence electrons. The van der Waals surface area contributed by atoms with Gasteiger partial charge in [-0.25, -0.2) is 23.4 Å². The second kappa shape index (κ2) is 7.39. The van der Waals surface area contributed by atoms with Gasteiger partial charge in [0.2, 0.25) is 0 Å². The molecule has 0 aliphatic rings. The van der Waals surface area contributed by atoms with Gasteiger partial charge >= 0.3 is 11.9 Å². The second-order valence-corrected chi connectivity index (χ2v) is 5.89. The largest absolute Gasteiger partial charge is 0.478 e. The average Bonchev–Trinajstić information content (AvgIpc) is 2.62. The normalized spacial score (nSPS) is 10.5. The maximum absolute atomic E-state index is 13.9. The lowest BCUT2D eigenvalue weighted by molar-refractivity contribution is 0.0695. The molecule has 0 aliphatic carbocycles. The van der Waals surface area contributed by atoms with E-state index in [1.165, 1.54) is 19.2 Å². The summed E-state index contributed by atoms with van der Waals surface area (Å²) in [7, 11) is 0. The van der Waals surface area contributed by atoms with Gasteiger partial charge in [-0.1, -0.05) is 0 Å². The van der Waals surface area contributed by atoms with Gasteiger partial charge in [0.1, 0.15) is 17.5 Å². The van der Waals surface area contributed by atoms with Gasteiger partial charge in [0.25, 0.3) is 0 Å². The number of pyridine rings is 2. The number of aromatic carboxylic acids is 2. The molecule has 0 atom stereocenters. The Morgan fingerprint density at radius 2 is 1.57 bits per heavy atom. The number of aromatic nitrogens is 2. The van der Waals surface area contributed by atoms with Gasteiger partial charge in [-0.2, -0.15) is 0 Å². The molecule has 7 nitrogen and oxygen atoms in total. The summed E-state index contributed by atoms with van der Waals surface area (Å²) in [5.74, 6) is -3.96. The number of carbonyl (C=O) groups is 2. The Labute approximate surface area is 157 Å². The summed E-state index contributed by atoms with van der Waals surface area (Å²) in [6.45, 7) is 1.49. The van der Waals surface area contributed by atoms with E-state index in [0.717, 1.165) is 30.6 Å². The first-order chi connectivity index (χ1) is 13.3. The highest BCUT2D eigenvalue weighted by atomic mass is 19.1. The van der Waals surface area contributed by atoms with E-state index in [-0.39, 0.29) is 39.3 Å². The Bertz CT molecular complexity index is 1100. The molecule has 0 radical (unpaired) electrons. The zero-order chi connectivity index (χ0) is 20.4. The number of anilines is 2. The van der Waals surface area contributed by atoms with E-state index in [9.17, 15) is 28.6 Å². The van der Waals surface area contributed by atoms with Crippen molar-refractivity contribution in [1.82, 2.24) is 9.97 Å². The zero-order valence-electron chi connectivity index (χ0n) is 14.4. The molecule has 2 heterocycles. The number of aryl methyl sites for hydroxylation is 1. The lowest BCUT2D eigenvalue weighted by atomic mass is 9.94. The molecule has 3 N–H and O–H groups in total. The summed E-state index contributed by atoms with van der Waals surface area (Å²) < 4.78 is 27.3. The van der Waals surface area contributed by atoms with E-state index in [4.69, 9.17) is 0 Å². The third-order valence-corrected chi connectivity index (χ3v) is 3.94. The minimum Gasteiger partial charge on any atom is -0.478 e. The van der Waals surface area contributed by atoms with Crippen molar-refractivity contribution in [2.45, 2.75) is 6.92 Å². The molecule has 0 fully saturated rings. The van der Waals surface area contributed by atoms with E-state index < -0.39 is 23.6 Å². The summed E-state index contributed by atoms with van der Waals surface area (Å²) in [6.07, 6.45) is 3.23. The van der Waals surface area contributed by atoms with Gasteiger partial charge in [-0.05, 0) is 30.7 Å². The summed E-state index contributed by atoms with van der Waals surface area (Å²) in [5, 5.41) is 21.5. The molecule has 28 heavy (non-hydrogen) atoms. The number of rotatable bonds is 5. The van der Waals surface area contributed by atoms with Crippen LogP contribution in [0.1, 0.15) is 26.3 Å². The van der Waals surface area contributed by atoms with Gasteiger partial charge < -0.3 is 15.5 Å². The minimum atomic E-state index is -1.39. The molecule has 3 aromatic rings. The molecule has 0 spiro atoms. The monoisotopic (exact) mass is 385 g/mol.